The quantitative estimate of drug-likeness (QED) is 0.351. The summed E-state index contributed by atoms with van der Waals surface area (Å²) in [6.45, 7) is 1.65. The number of guanidine groups is 1. The van der Waals surface area contributed by atoms with Crippen LogP contribution in [0.15, 0.2) is 28.8 Å². The van der Waals surface area contributed by atoms with E-state index in [1.807, 2.05) is 4.68 Å². The van der Waals surface area contributed by atoms with Gasteiger partial charge in [-0.2, -0.15) is 5.10 Å². The first-order chi connectivity index (χ1) is 12.6. The molecule has 2 aromatic heterocycles. The Hall–Kier alpha value is -1.69. The van der Waals surface area contributed by atoms with Crippen LogP contribution in [0.4, 0.5) is 0 Å². The van der Waals surface area contributed by atoms with Crippen LogP contribution >= 0.6 is 35.3 Å². The molecule has 1 atom stereocenters. The molecular weight excluding hydrogens is 477 g/mol. The van der Waals surface area contributed by atoms with Crippen molar-refractivity contribution in [1.29, 1.82) is 0 Å². The van der Waals surface area contributed by atoms with Gasteiger partial charge in [-0.05, 0) is 24.3 Å². The fraction of sp³-hybridized carbons (Fsp3) is 0.529. The van der Waals surface area contributed by atoms with Crippen LogP contribution in [0, 0.1) is 0 Å². The molecule has 0 saturated heterocycles. The number of nitrogens with zero attached hydrogens (tertiary/aromatic N) is 5. The summed E-state index contributed by atoms with van der Waals surface area (Å²) in [6, 6.07) is 4.40. The Balaban J connectivity index is 0.00000261. The Morgan fingerprint density at radius 3 is 3.07 bits per heavy atom. The van der Waals surface area contributed by atoms with Gasteiger partial charge in [0.2, 0.25) is 5.91 Å². The number of carbonyl (C=O) groups is 1. The van der Waals surface area contributed by atoms with Gasteiger partial charge >= 0.3 is 0 Å². The highest BCUT2D eigenvalue weighted by Gasteiger charge is 2.20. The van der Waals surface area contributed by atoms with Crippen LogP contribution in [-0.4, -0.2) is 64.8 Å². The molecule has 10 heteroatoms. The number of aryl methyl sites for hydroxylation is 1. The van der Waals surface area contributed by atoms with E-state index in [-0.39, 0.29) is 42.5 Å². The molecular formula is C17H26IN7OS. The second-order valence-electron chi connectivity index (χ2n) is 6.45. The number of aromatic nitrogens is 3. The van der Waals surface area contributed by atoms with Gasteiger partial charge in [0.05, 0.1) is 6.54 Å². The van der Waals surface area contributed by atoms with Crippen LogP contribution in [0.3, 0.4) is 0 Å². The highest BCUT2D eigenvalue weighted by Crippen LogP contribution is 2.11. The molecule has 0 aliphatic carbocycles. The predicted molar refractivity (Wildman–Crippen MR) is 118 cm³/mol. The van der Waals surface area contributed by atoms with E-state index in [1.54, 1.807) is 36.7 Å². The number of likely N-dealkylation sites (N-methyl/N-ethyl adjacent to an activating group) is 1. The first-order valence-corrected chi connectivity index (χ1v) is 9.64. The number of carbonyl (C=O) groups excluding carboxylic acids is 1. The standard InChI is InChI=1S/C17H25N7OS.HI/c1-23(2)16(25)10-19-17(18-8-7-14-4-3-9-26-14)22-13-5-6-15-20-12-21-24(15)11-13;/h3-4,9,12-13H,5-8,10-11H2,1-2H3,(H2,18,19,22);1H. The molecule has 2 N–H and O–H groups in total. The van der Waals surface area contributed by atoms with Crippen molar-refractivity contribution >= 4 is 47.2 Å². The molecule has 27 heavy (non-hydrogen) atoms. The zero-order chi connectivity index (χ0) is 18.4. The minimum atomic E-state index is -0.0217. The maximum atomic E-state index is 11.9. The third kappa shape index (κ3) is 6.45. The maximum Gasteiger partial charge on any atom is 0.243 e. The van der Waals surface area contributed by atoms with E-state index in [0.29, 0.717) is 5.96 Å². The van der Waals surface area contributed by atoms with Gasteiger partial charge < -0.3 is 15.5 Å². The summed E-state index contributed by atoms with van der Waals surface area (Å²) in [5.74, 6) is 1.67. The van der Waals surface area contributed by atoms with E-state index in [4.69, 9.17) is 0 Å². The molecule has 1 aliphatic heterocycles. The number of hydrogen-bond donors (Lipinski definition) is 2. The molecule has 2 aromatic rings. The third-order valence-electron chi connectivity index (χ3n) is 4.26. The Kier molecular flexibility index (Phi) is 8.48. The highest BCUT2D eigenvalue weighted by atomic mass is 127. The molecule has 3 rings (SSSR count). The van der Waals surface area contributed by atoms with Gasteiger partial charge in [0, 0.05) is 38.0 Å². The SMILES string of the molecule is CN(C)C(=O)CN=C(NCCc1cccs1)NC1CCc2ncnn2C1.I. The maximum absolute atomic E-state index is 11.9. The summed E-state index contributed by atoms with van der Waals surface area (Å²) < 4.78 is 1.93. The molecule has 0 radical (unpaired) electrons. The second-order valence-corrected chi connectivity index (χ2v) is 7.48. The zero-order valence-corrected chi connectivity index (χ0v) is 18.7. The van der Waals surface area contributed by atoms with E-state index >= 15 is 0 Å². The molecule has 0 saturated carbocycles. The Labute approximate surface area is 180 Å². The average Bonchev–Trinajstić information content (AvgIpc) is 3.30. The van der Waals surface area contributed by atoms with Crippen molar-refractivity contribution in [1.82, 2.24) is 30.3 Å². The van der Waals surface area contributed by atoms with Crippen molar-refractivity contribution in [2.45, 2.75) is 31.8 Å². The minimum absolute atomic E-state index is 0. The lowest BCUT2D eigenvalue weighted by Gasteiger charge is -2.25. The first-order valence-electron chi connectivity index (χ1n) is 8.76. The van der Waals surface area contributed by atoms with E-state index in [9.17, 15) is 4.79 Å². The molecule has 0 bridgehead atoms. The number of rotatable bonds is 6. The Morgan fingerprint density at radius 2 is 2.33 bits per heavy atom. The van der Waals surface area contributed by atoms with Gasteiger partial charge in [0.15, 0.2) is 5.96 Å². The van der Waals surface area contributed by atoms with Crippen LogP contribution < -0.4 is 10.6 Å². The normalized spacial score (nSPS) is 16.2. The Bertz CT molecular complexity index is 744. The van der Waals surface area contributed by atoms with Crippen LogP contribution in [0.1, 0.15) is 17.1 Å². The number of nitrogens with one attached hydrogen (secondary N) is 2. The lowest BCUT2D eigenvalue weighted by Crippen LogP contribution is -2.48. The summed E-state index contributed by atoms with van der Waals surface area (Å²) in [5.41, 5.74) is 0. The predicted octanol–water partition coefficient (Wildman–Crippen LogP) is 1.14. The van der Waals surface area contributed by atoms with Crippen molar-refractivity contribution in [3.05, 3.63) is 34.5 Å². The molecule has 1 unspecified atom stereocenters. The topological polar surface area (TPSA) is 87.4 Å². The van der Waals surface area contributed by atoms with Gasteiger partial charge in [-0.3, -0.25) is 4.79 Å². The molecule has 0 aromatic carbocycles. The molecule has 1 amide bonds. The Morgan fingerprint density at radius 1 is 1.48 bits per heavy atom. The molecule has 3 heterocycles. The van der Waals surface area contributed by atoms with Crippen LogP contribution in [-0.2, 0) is 24.2 Å². The second kappa shape index (κ2) is 10.6. The van der Waals surface area contributed by atoms with Crippen molar-refractivity contribution < 1.29 is 4.79 Å². The summed E-state index contributed by atoms with van der Waals surface area (Å²) >= 11 is 1.75. The number of hydrogen-bond acceptors (Lipinski definition) is 5. The average molecular weight is 503 g/mol. The van der Waals surface area contributed by atoms with E-state index in [2.05, 4.69) is 43.2 Å². The van der Waals surface area contributed by atoms with Crippen molar-refractivity contribution in [3.8, 4) is 0 Å². The zero-order valence-electron chi connectivity index (χ0n) is 15.6. The number of amides is 1. The fourth-order valence-electron chi connectivity index (χ4n) is 2.75. The molecule has 0 spiro atoms. The molecule has 1 aliphatic rings. The van der Waals surface area contributed by atoms with Crippen LogP contribution in [0.2, 0.25) is 0 Å². The number of halogens is 1. The number of aliphatic imine (C=N–C) groups is 1. The van der Waals surface area contributed by atoms with Crippen molar-refractivity contribution in [3.63, 3.8) is 0 Å². The van der Waals surface area contributed by atoms with Gasteiger partial charge in [-0.1, -0.05) is 6.07 Å². The third-order valence-corrected chi connectivity index (χ3v) is 5.20. The summed E-state index contributed by atoms with van der Waals surface area (Å²) in [4.78, 5) is 23.5. The van der Waals surface area contributed by atoms with Crippen molar-refractivity contribution in [2.24, 2.45) is 4.99 Å². The van der Waals surface area contributed by atoms with E-state index in [1.165, 1.54) is 4.88 Å². The minimum Gasteiger partial charge on any atom is -0.356 e. The lowest BCUT2D eigenvalue weighted by atomic mass is 10.1. The number of thiophene rings is 1. The first kappa shape index (κ1) is 21.6. The summed E-state index contributed by atoms with van der Waals surface area (Å²) in [7, 11) is 3.48. The van der Waals surface area contributed by atoms with Crippen molar-refractivity contribution in [2.75, 3.05) is 27.2 Å². The van der Waals surface area contributed by atoms with Crippen LogP contribution in [0.5, 0.6) is 0 Å². The van der Waals surface area contributed by atoms with Crippen LogP contribution in [0.25, 0.3) is 0 Å². The summed E-state index contributed by atoms with van der Waals surface area (Å²) in [5, 5.41) is 13.1. The molecule has 8 nitrogen and oxygen atoms in total. The number of fused-ring (bicyclic) bond motifs is 1. The van der Waals surface area contributed by atoms with Gasteiger partial charge in [0.1, 0.15) is 18.7 Å². The van der Waals surface area contributed by atoms with Gasteiger partial charge in [-0.15, -0.1) is 35.3 Å². The monoisotopic (exact) mass is 503 g/mol. The van der Waals surface area contributed by atoms with Gasteiger partial charge in [0.25, 0.3) is 0 Å². The van der Waals surface area contributed by atoms with E-state index in [0.717, 1.165) is 38.2 Å². The smallest absolute Gasteiger partial charge is 0.243 e. The summed E-state index contributed by atoms with van der Waals surface area (Å²) in [6.07, 6.45) is 4.38. The van der Waals surface area contributed by atoms with Gasteiger partial charge in [-0.25, -0.2) is 14.7 Å². The fourth-order valence-corrected chi connectivity index (χ4v) is 3.46. The highest BCUT2D eigenvalue weighted by molar-refractivity contribution is 14.0. The molecule has 0 fully saturated rings. The largest absolute Gasteiger partial charge is 0.356 e. The van der Waals surface area contributed by atoms with E-state index < -0.39 is 0 Å². The lowest BCUT2D eigenvalue weighted by molar-refractivity contribution is -0.127. The molecule has 148 valence electrons.